The first-order valence-corrected chi connectivity index (χ1v) is 3.85. The number of nitrogens with one attached hydrogen (secondary N) is 1. The number of anilines is 1. The number of halogens is 1. The van der Waals surface area contributed by atoms with Gasteiger partial charge in [-0.25, -0.2) is 4.79 Å². The average molecular weight is 197 g/mol. The zero-order valence-electron chi connectivity index (χ0n) is 7.16. The molecule has 0 saturated heterocycles. The molecule has 0 aliphatic carbocycles. The molecule has 0 heterocycles. The molecule has 1 rings (SSSR count). The van der Waals surface area contributed by atoms with E-state index in [9.17, 15) is 14.0 Å². The average Bonchev–Trinajstić information content (AvgIpc) is 2.06. The van der Waals surface area contributed by atoms with Crippen LogP contribution in [0.2, 0.25) is 0 Å². The molecule has 0 saturated carbocycles. The molecule has 1 amide bonds. The summed E-state index contributed by atoms with van der Waals surface area (Å²) < 4.78 is 11.9. The number of carbonyl (C=O) groups is 2. The summed E-state index contributed by atoms with van der Waals surface area (Å²) in [4.78, 5) is 20.3. The van der Waals surface area contributed by atoms with Gasteiger partial charge in [0.25, 0.3) is 0 Å². The van der Waals surface area contributed by atoms with Gasteiger partial charge < -0.3 is 5.11 Å². The monoisotopic (exact) mass is 197 g/mol. The second-order valence-corrected chi connectivity index (χ2v) is 2.67. The highest BCUT2D eigenvalue weighted by atomic mass is 19.1. The van der Waals surface area contributed by atoms with E-state index >= 15 is 0 Å². The van der Waals surface area contributed by atoms with E-state index in [2.05, 4.69) is 0 Å². The van der Waals surface area contributed by atoms with E-state index in [1.54, 1.807) is 0 Å². The van der Waals surface area contributed by atoms with Crippen molar-refractivity contribution < 1.29 is 19.1 Å². The Morgan fingerprint density at radius 1 is 1.29 bits per heavy atom. The quantitative estimate of drug-likeness (QED) is 0.573. The van der Waals surface area contributed by atoms with Gasteiger partial charge in [-0.2, -0.15) is 0 Å². The van der Waals surface area contributed by atoms with Crippen LogP contribution in [0, 0.1) is 0 Å². The van der Waals surface area contributed by atoms with Crippen molar-refractivity contribution in [3.63, 3.8) is 0 Å². The fourth-order valence-corrected chi connectivity index (χ4v) is 0.994. The predicted molar refractivity (Wildman–Crippen MR) is 47.9 cm³/mol. The fourth-order valence-electron chi connectivity index (χ4n) is 0.994. The number of rotatable bonds is 3. The van der Waals surface area contributed by atoms with Crippen LogP contribution in [0.4, 0.5) is 14.9 Å². The van der Waals surface area contributed by atoms with Crippen LogP contribution in [0.5, 0.6) is 0 Å². The standard InChI is InChI=1S/C9H8FNO3/c10-9(14)11-7-3-1-6(2-4-7)5-8(12)13/h1-4H,5H2,(H,11,14)(H,12,13). The predicted octanol–water partition coefficient (Wildman–Crippen LogP) is 1.82. The lowest BCUT2D eigenvalue weighted by molar-refractivity contribution is -0.136. The molecule has 14 heavy (non-hydrogen) atoms. The zero-order valence-corrected chi connectivity index (χ0v) is 7.16. The molecule has 0 aliphatic heterocycles. The third-order valence-electron chi connectivity index (χ3n) is 1.55. The second-order valence-electron chi connectivity index (χ2n) is 2.67. The molecule has 0 fully saturated rings. The summed E-state index contributed by atoms with van der Waals surface area (Å²) in [6.45, 7) is 0. The lowest BCUT2D eigenvalue weighted by atomic mass is 10.1. The van der Waals surface area contributed by atoms with E-state index in [1.165, 1.54) is 24.3 Å². The van der Waals surface area contributed by atoms with Crippen LogP contribution in [-0.2, 0) is 11.2 Å². The van der Waals surface area contributed by atoms with E-state index in [1.807, 2.05) is 5.32 Å². The molecule has 1 aromatic carbocycles. The molecule has 0 radical (unpaired) electrons. The van der Waals surface area contributed by atoms with Crippen LogP contribution in [0.25, 0.3) is 0 Å². The third-order valence-corrected chi connectivity index (χ3v) is 1.55. The summed E-state index contributed by atoms with van der Waals surface area (Å²) in [5, 5.41) is 10.4. The number of carboxylic acids is 1. The van der Waals surface area contributed by atoms with Crippen molar-refractivity contribution in [3.8, 4) is 0 Å². The van der Waals surface area contributed by atoms with Gasteiger partial charge in [0.05, 0.1) is 6.42 Å². The van der Waals surface area contributed by atoms with Crippen molar-refractivity contribution >= 4 is 17.8 Å². The number of amides is 1. The number of hydrogen-bond donors (Lipinski definition) is 2. The van der Waals surface area contributed by atoms with E-state index in [0.717, 1.165) is 0 Å². The number of carboxylic acid groups (broad SMARTS) is 1. The van der Waals surface area contributed by atoms with Crippen LogP contribution < -0.4 is 5.32 Å². The number of hydrogen-bond acceptors (Lipinski definition) is 2. The molecule has 5 heteroatoms. The molecule has 1 aromatic rings. The van der Waals surface area contributed by atoms with Gasteiger partial charge in [0.1, 0.15) is 0 Å². The summed E-state index contributed by atoms with van der Waals surface area (Å²) in [6, 6.07) is 5.91. The first-order valence-electron chi connectivity index (χ1n) is 3.85. The van der Waals surface area contributed by atoms with Gasteiger partial charge in [-0.15, -0.1) is 4.39 Å². The van der Waals surface area contributed by atoms with E-state index < -0.39 is 12.1 Å². The van der Waals surface area contributed by atoms with Gasteiger partial charge in [-0.1, -0.05) is 12.1 Å². The largest absolute Gasteiger partial charge is 0.481 e. The summed E-state index contributed by atoms with van der Waals surface area (Å²) >= 11 is 0. The molecule has 0 unspecified atom stereocenters. The summed E-state index contributed by atoms with van der Waals surface area (Å²) in [7, 11) is 0. The zero-order chi connectivity index (χ0) is 10.6. The molecular formula is C9H8FNO3. The first kappa shape index (κ1) is 10.2. The van der Waals surface area contributed by atoms with Gasteiger partial charge >= 0.3 is 12.1 Å². The van der Waals surface area contributed by atoms with Crippen LogP contribution in [0.15, 0.2) is 24.3 Å². The van der Waals surface area contributed by atoms with E-state index in [4.69, 9.17) is 5.11 Å². The summed E-state index contributed by atoms with van der Waals surface area (Å²) in [6.07, 6.45) is -1.74. The molecule has 74 valence electrons. The smallest absolute Gasteiger partial charge is 0.401 e. The molecule has 0 atom stereocenters. The third kappa shape index (κ3) is 3.22. The Morgan fingerprint density at radius 2 is 1.86 bits per heavy atom. The van der Waals surface area contributed by atoms with E-state index in [-0.39, 0.29) is 6.42 Å². The Kier molecular flexibility index (Phi) is 3.17. The second kappa shape index (κ2) is 4.36. The molecule has 0 spiro atoms. The minimum Gasteiger partial charge on any atom is -0.481 e. The van der Waals surface area contributed by atoms with Crippen molar-refractivity contribution in [2.45, 2.75) is 6.42 Å². The maximum absolute atomic E-state index is 11.9. The highest BCUT2D eigenvalue weighted by Crippen LogP contribution is 2.10. The minimum atomic E-state index is -1.64. The topological polar surface area (TPSA) is 66.4 Å². The maximum Gasteiger partial charge on any atom is 0.401 e. The van der Waals surface area contributed by atoms with Gasteiger partial charge in [-0.3, -0.25) is 10.1 Å². The van der Waals surface area contributed by atoms with Crippen molar-refractivity contribution in [3.05, 3.63) is 29.8 Å². The Hall–Kier alpha value is -1.91. The van der Waals surface area contributed by atoms with Crippen molar-refractivity contribution in [2.24, 2.45) is 0 Å². The highest BCUT2D eigenvalue weighted by molar-refractivity contribution is 5.83. The molecule has 0 aliphatic rings. The molecule has 2 N–H and O–H groups in total. The van der Waals surface area contributed by atoms with Crippen LogP contribution in [0.1, 0.15) is 5.56 Å². The van der Waals surface area contributed by atoms with Crippen molar-refractivity contribution in [2.75, 3.05) is 5.32 Å². The number of carbonyl (C=O) groups excluding carboxylic acids is 1. The van der Waals surface area contributed by atoms with Gasteiger partial charge in [0.15, 0.2) is 0 Å². The molecule has 0 aromatic heterocycles. The Balaban J connectivity index is 2.68. The molecule has 0 bridgehead atoms. The fraction of sp³-hybridized carbons (Fsp3) is 0.111. The van der Waals surface area contributed by atoms with Gasteiger partial charge in [0.2, 0.25) is 0 Å². The van der Waals surface area contributed by atoms with Gasteiger partial charge in [-0.05, 0) is 17.7 Å². The maximum atomic E-state index is 11.9. The molecular weight excluding hydrogens is 189 g/mol. The van der Waals surface area contributed by atoms with Crippen molar-refractivity contribution in [1.82, 2.24) is 0 Å². The summed E-state index contributed by atoms with van der Waals surface area (Å²) in [5.74, 6) is -0.938. The van der Waals surface area contributed by atoms with Gasteiger partial charge in [0, 0.05) is 5.69 Å². The minimum absolute atomic E-state index is 0.0934. The molecule has 4 nitrogen and oxygen atoms in total. The Labute approximate surface area is 79.4 Å². The van der Waals surface area contributed by atoms with Crippen molar-refractivity contribution in [1.29, 1.82) is 0 Å². The lowest BCUT2D eigenvalue weighted by Crippen LogP contribution is -2.03. The van der Waals surface area contributed by atoms with Crippen LogP contribution >= 0.6 is 0 Å². The number of aliphatic carboxylic acids is 1. The SMILES string of the molecule is O=C(O)Cc1ccc(NC(=O)F)cc1. The normalized spacial score (nSPS) is 9.50. The van der Waals surface area contributed by atoms with E-state index in [0.29, 0.717) is 11.3 Å². The lowest BCUT2D eigenvalue weighted by Gasteiger charge is -2.00. The van der Waals surface area contributed by atoms with Crippen LogP contribution in [-0.4, -0.2) is 17.2 Å². The highest BCUT2D eigenvalue weighted by Gasteiger charge is 2.01. The Morgan fingerprint density at radius 3 is 2.29 bits per heavy atom. The first-order chi connectivity index (χ1) is 6.58. The van der Waals surface area contributed by atoms with Crippen LogP contribution in [0.3, 0.4) is 0 Å². The Bertz CT molecular complexity index is 313. The number of benzene rings is 1. The summed E-state index contributed by atoms with van der Waals surface area (Å²) in [5.41, 5.74) is 0.890.